The molecule has 1 aromatic rings. The summed E-state index contributed by atoms with van der Waals surface area (Å²) in [4.78, 5) is 28.9. The van der Waals surface area contributed by atoms with Crippen LogP contribution in [0.15, 0.2) is 12.2 Å². The molecular weight excluding hydrogens is 280 g/mol. The number of aliphatic carboxylic acids is 1. The van der Waals surface area contributed by atoms with E-state index in [9.17, 15) is 14.7 Å². The third-order valence-corrected chi connectivity index (χ3v) is 4.73. The van der Waals surface area contributed by atoms with Gasteiger partial charge in [0.1, 0.15) is 5.92 Å². The fourth-order valence-electron chi connectivity index (χ4n) is 2.63. The fraction of sp³-hybridized carbons (Fsp3) is 0.462. The molecule has 0 radical (unpaired) electrons. The average molecular weight is 294 g/mol. The molecule has 0 unspecified atom stereocenters. The molecule has 2 N–H and O–H groups in total. The summed E-state index contributed by atoms with van der Waals surface area (Å²) < 4.78 is 5.48. The minimum atomic E-state index is -1.01. The molecule has 2 bridgehead atoms. The zero-order valence-corrected chi connectivity index (χ0v) is 11.8. The van der Waals surface area contributed by atoms with Crippen molar-refractivity contribution >= 4 is 28.3 Å². The first-order valence-corrected chi connectivity index (χ1v) is 7.10. The number of anilines is 1. The maximum Gasteiger partial charge on any atom is 0.310 e. The van der Waals surface area contributed by atoms with Crippen molar-refractivity contribution in [1.29, 1.82) is 0 Å². The van der Waals surface area contributed by atoms with Crippen molar-refractivity contribution in [2.75, 3.05) is 5.32 Å². The predicted molar refractivity (Wildman–Crippen MR) is 72.6 cm³/mol. The Kier molecular flexibility index (Phi) is 3.10. The van der Waals surface area contributed by atoms with Crippen LogP contribution in [0.2, 0.25) is 0 Å². The summed E-state index contributed by atoms with van der Waals surface area (Å²) in [7, 11) is 0. The number of carboxylic acids is 1. The molecule has 1 saturated heterocycles. The van der Waals surface area contributed by atoms with Crippen molar-refractivity contribution in [3.05, 3.63) is 22.7 Å². The quantitative estimate of drug-likeness (QED) is 0.822. The Balaban J connectivity index is 1.79. The summed E-state index contributed by atoms with van der Waals surface area (Å²) in [6.45, 7) is 3.79. The van der Waals surface area contributed by atoms with Crippen molar-refractivity contribution in [3.63, 3.8) is 0 Å². The van der Waals surface area contributed by atoms with Crippen molar-refractivity contribution in [1.82, 2.24) is 4.98 Å². The van der Waals surface area contributed by atoms with E-state index in [1.807, 2.05) is 13.8 Å². The summed E-state index contributed by atoms with van der Waals surface area (Å²) in [6.07, 6.45) is 2.51. The lowest BCUT2D eigenvalue weighted by Gasteiger charge is -2.20. The zero-order valence-electron chi connectivity index (χ0n) is 11.0. The van der Waals surface area contributed by atoms with Crippen LogP contribution in [0.5, 0.6) is 0 Å². The van der Waals surface area contributed by atoms with Crippen molar-refractivity contribution in [3.8, 4) is 0 Å². The molecule has 20 heavy (non-hydrogen) atoms. The molecule has 0 saturated carbocycles. The normalized spacial score (nSPS) is 30.7. The Morgan fingerprint density at radius 1 is 1.30 bits per heavy atom. The number of nitrogens with one attached hydrogen (secondary N) is 1. The largest absolute Gasteiger partial charge is 0.481 e. The molecule has 1 amide bonds. The number of nitrogens with zero attached hydrogens (tertiary/aromatic N) is 1. The van der Waals surface area contributed by atoms with Gasteiger partial charge < -0.3 is 15.2 Å². The summed E-state index contributed by atoms with van der Waals surface area (Å²) in [6, 6.07) is 0. The lowest BCUT2D eigenvalue weighted by atomic mass is 9.82. The second-order valence-electron chi connectivity index (χ2n) is 4.99. The second-order valence-corrected chi connectivity index (χ2v) is 6.19. The van der Waals surface area contributed by atoms with E-state index in [1.165, 1.54) is 11.3 Å². The molecule has 3 rings (SSSR count). The van der Waals surface area contributed by atoms with E-state index in [0.717, 1.165) is 10.6 Å². The van der Waals surface area contributed by atoms with Crippen LogP contribution in [0.3, 0.4) is 0 Å². The minimum Gasteiger partial charge on any atom is -0.481 e. The van der Waals surface area contributed by atoms with E-state index in [0.29, 0.717) is 5.13 Å². The minimum absolute atomic E-state index is 0.344. The van der Waals surface area contributed by atoms with Gasteiger partial charge in [-0.3, -0.25) is 9.59 Å². The van der Waals surface area contributed by atoms with E-state index in [4.69, 9.17) is 4.74 Å². The number of carbonyl (C=O) groups is 2. The molecule has 0 aromatic carbocycles. The Bertz CT molecular complexity index is 590. The number of amides is 1. The van der Waals surface area contributed by atoms with E-state index in [1.54, 1.807) is 12.2 Å². The highest BCUT2D eigenvalue weighted by atomic mass is 32.1. The SMILES string of the molecule is Cc1nc(NC(=O)[C@H]2[C@@H](C(=O)O)[C@H]3C=C[C@@H]2O3)sc1C. The number of ether oxygens (including phenoxy) is 1. The van der Waals surface area contributed by atoms with Crippen LogP contribution in [0.25, 0.3) is 0 Å². The number of fused-ring (bicyclic) bond motifs is 2. The average Bonchev–Trinajstić information content (AvgIpc) is 3.04. The molecule has 1 aromatic heterocycles. The van der Waals surface area contributed by atoms with E-state index in [-0.39, 0.29) is 5.91 Å². The van der Waals surface area contributed by atoms with Gasteiger partial charge in [-0.05, 0) is 13.8 Å². The second kappa shape index (κ2) is 4.68. The number of aromatic nitrogens is 1. The van der Waals surface area contributed by atoms with Crippen LogP contribution in [-0.4, -0.2) is 34.2 Å². The maximum absolute atomic E-state index is 12.3. The van der Waals surface area contributed by atoms with Crippen LogP contribution in [0, 0.1) is 25.7 Å². The third kappa shape index (κ3) is 2.03. The van der Waals surface area contributed by atoms with Gasteiger partial charge in [-0.1, -0.05) is 12.2 Å². The standard InChI is InChI=1S/C13H14N2O4S/c1-5-6(2)20-13(14-5)15-11(16)9-7-3-4-8(19-7)10(9)12(17)18/h3-4,7-10H,1-2H3,(H,17,18)(H,14,15,16)/t7-,8+,9+,10-/m0/s1. The van der Waals surface area contributed by atoms with E-state index < -0.39 is 30.0 Å². The lowest BCUT2D eigenvalue weighted by Crippen LogP contribution is -2.39. The highest BCUT2D eigenvalue weighted by Crippen LogP contribution is 2.40. The molecule has 6 nitrogen and oxygen atoms in total. The molecule has 3 heterocycles. The van der Waals surface area contributed by atoms with Gasteiger partial charge in [0.05, 0.1) is 23.8 Å². The Morgan fingerprint density at radius 2 is 1.95 bits per heavy atom. The number of hydrogen-bond donors (Lipinski definition) is 2. The number of aryl methyl sites for hydroxylation is 2. The fourth-order valence-corrected chi connectivity index (χ4v) is 3.45. The number of rotatable bonds is 3. The molecular formula is C13H14N2O4S. The van der Waals surface area contributed by atoms with Gasteiger partial charge in [-0.2, -0.15) is 0 Å². The number of hydrogen-bond acceptors (Lipinski definition) is 5. The van der Waals surface area contributed by atoms with Gasteiger partial charge >= 0.3 is 5.97 Å². The highest BCUT2D eigenvalue weighted by Gasteiger charge is 2.53. The van der Waals surface area contributed by atoms with Crippen molar-refractivity contribution < 1.29 is 19.4 Å². The molecule has 1 fully saturated rings. The third-order valence-electron chi connectivity index (χ3n) is 3.75. The van der Waals surface area contributed by atoms with Gasteiger partial charge in [0.15, 0.2) is 5.13 Å². The first kappa shape index (κ1) is 13.3. The molecule has 0 spiro atoms. The molecule has 2 aliphatic heterocycles. The monoisotopic (exact) mass is 294 g/mol. The van der Waals surface area contributed by atoms with Crippen molar-refractivity contribution in [2.24, 2.45) is 11.8 Å². The van der Waals surface area contributed by atoms with E-state index >= 15 is 0 Å². The number of thiazole rings is 1. The van der Waals surface area contributed by atoms with Gasteiger partial charge in [0.2, 0.25) is 5.91 Å². The van der Waals surface area contributed by atoms with Gasteiger partial charge in [0, 0.05) is 4.88 Å². The Labute approximate surface area is 119 Å². The molecule has 2 aliphatic rings. The topological polar surface area (TPSA) is 88.5 Å². The Hall–Kier alpha value is -1.73. The zero-order chi connectivity index (χ0) is 14.4. The first-order chi connectivity index (χ1) is 9.47. The first-order valence-electron chi connectivity index (χ1n) is 6.29. The van der Waals surface area contributed by atoms with Crippen LogP contribution in [-0.2, 0) is 14.3 Å². The van der Waals surface area contributed by atoms with Crippen LogP contribution in [0.4, 0.5) is 5.13 Å². The summed E-state index contributed by atoms with van der Waals surface area (Å²) in [5, 5.41) is 12.5. The molecule has 7 heteroatoms. The van der Waals surface area contributed by atoms with Gasteiger partial charge in [-0.15, -0.1) is 11.3 Å². The number of carbonyl (C=O) groups excluding carboxylic acids is 1. The van der Waals surface area contributed by atoms with Crippen molar-refractivity contribution in [2.45, 2.75) is 26.1 Å². The number of carboxylic acid groups (broad SMARTS) is 1. The van der Waals surface area contributed by atoms with Crippen LogP contribution < -0.4 is 5.32 Å². The van der Waals surface area contributed by atoms with E-state index in [2.05, 4.69) is 10.3 Å². The molecule has 0 aliphatic carbocycles. The molecule has 106 valence electrons. The van der Waals surface area contributed by atoms with Gasteiger partial charge in [0.25, 0.3) is 0 Å². The molecule has 4 atom stereocenters. The van der Waals surface area contributed by atoms with Gasteiger partial charge in [-0.25, -0.2) is 4.98 Å². The summed E-state index contributed by atoms with van der Waals surface area (Å²) >= 11 is 1.38. The predicted octanol–water partition coefficient (Wildman–Crippen LogP) is 1.35. The smallest absolute Gasteiger partial charge is 0.310 e. The summed E-state index contributed by atoms with van der Waals surface area (Å²) in [5.74, 6) is -2.88. The Morgan fingerprint density at radius 3 is 2.50 bits per heavy atom. The van der Waals surface area contributed by atoms with Crippen LogP contribution >= 0.6 is 11.3 Å². The lowest BCUT2D eigenvalue weighted by molar-refractivity contribution is -0.145. The van der Waals surface area contributed by atoms with Crippen LogP contribution in [0.1, 0.15) is 10.6 Å². The highest BCUT2D eigenvalue weighted by molar-refractivity contribution is 7.15. The maximum atomic E-state index is 12.3. The summed E-state index contributed by atoms with van der Waals surface area (Å²) in [5.41, 5.74) is 0.865.